The van der Waals surface area contributed by atoms with Crippen LogP contribution in [0, 0.1) is 0 Å². The number of unbranched alkanes of at least 4 members (excludes halogenated alkanes) is 9. The van der Waals surface area contributed by atoms with Gasteiger partial charge in [-0.1, -0.05) is 82.9 Å². The molecule has 0 aliphatic heterocycles. The molecular formula is C29H41N3O2. The van der Waals surface area contributed by atoms with Crippen molar-refractivity contribution in [3.63, 3.8) is 0 Å². The topological polar surface area (TPSA) is 56.2 Å². The number of para-hydroxylation sites is 2. The van der Waals surface area contributed by atoms with Gasteiger partial charge in [0.15, 0.2) is 0 Å². The lowest BCUT2D eigenvalue weighted by Gasteiger charge is -2.10. The molecule has 0 fully saturated rings. The van der Waals surface area contributed by atoms with E-state index in [1.807, 2.05) is 18.2 Å². The van der Waals surface area contributed by atoms with Gasteiger partial charge in [0.1, 0.15) is 11.6 Å². The van der Waals surface area contributed by atoms with E-state index in [9.17, 15) is 4.79 Å². The molecule has 0 spiro atoms. The van der Waals surface area contributed by atoms with Gasteiger partial charge in [-0.15, -0.1) is 0 Å². The maximum absolute atomic E-state index is 12.5. The molecule has 5 heteroatoms. The number of aromatic nitrogens is 2. The predicted molar refractivity (Wildman–Crippen MR) is 141 cm³/mol. The Hall–Kier alpha value is -2.82. The van der Waals surface area contributed by atoms with Gasteiger partial charge in [0, 0.05) is 25.1 Å². The molecule has 3 aromatic rings. The standard InChI is InChI=1S/C29H41N3O2/c1-3-4-5-6-7-8-9-10-11-14-22-32-27-19-13-12-18-26(27)31-28(32)20-21-30-29(33)24-16-15-17-25(23-24)34-2/h12-13,15-19,23H,3-11,14,20-22H2,1-2H3,(H,30,33). The van der Waals surface area contributed by atoms with Gasteiger partial charge >= 0.3 is 0 Å². The number of carbonyl (C=O) groups excluding carboxylic acids is 1. The number of nitrogens with zero attached hydrogens (tertiary/aromatic N) is 2. The molecule has 0 bridgehead atoms. The highest BCUT2D eigenvalue weighted by atomic mass is 16.5. The molecule has 0 atom stereocenters. The normalized spacial score (nSPS) is 11.1. The fourth-order valence-corrected chi connectivity index (χ4v) is 4.48. The van der Waals surface area contributed by atoms with Crippen molar-refractivity contribution in [3.8, 4) is 5.75 Å². The van der Waals surface area contributed by atoms with E-state index in [4.69, 9.17) is 9.72 Å². The first-order valence-corrected chi connectivity index (χ1v) is 13.1. The van der Waals surface area contributed by atoms with Crippen molar-refractivity contribution >= 4 is 16.9 Å². The van der Waals surface area contributed by atoms with Crippen molar-refractivity contribution in [2.75, 3.05) is 13.7 Å². The zero-order valence-electron chi connectivity index (χ0n) is 21.0. The minimum atomic E-state index is -0.0868. The van der Waals surface area contributed by atoms with Crippen LogP contribution >= 0.6 is 0 Å². The quantitative estimate of drug-likeness (QED) is 0.234. The van der Waals surface area contributed by atoms with E-state index in [-0.39, 0.29) is 5.91 Å². The molecular weight excluding hydrogens is 422 g/mol. The molecule has 0 aliphatic rings. The van der Waals surface area contributed by atoms with Crippen LogP contribution in [0.2, 0.25) is 0 Å². The molecule has 0 unspecified atom stereocenters. The van der Waals surface area contributed by atoms with Gasteiger partial charge in [0.25, 0.3) is 5.91 Å². The van der Waals surface area contributed by atoms with E-state index in [1.165, 1.54) is 69.7 Å². The van der Waals surface area contributed by atoms with E-state index >= 15 is 0 Å². The zero-order valence-corrected chi connectivity index (χ0v) is 21.0. The van der Waals surface area contributed by atoms with Crippen LogP contribution in [0.1, 0.15) is 87.3 Å². The molecule has 1 aromatic heterocycles. The van der Waals surface area contributed by atoms with Gasteiger partial charge in [-0.3, -0.25) is 4.79 Å². The molecule has 34 heavy (non-hydrogen) atoms. The Balaban J connectivity index is 1.47. The van der Waals surface area contributed by atoms with Crippen LogP contribution in [0.15, 0.2) is 48.5 Å². The Bertz CT molecular complexity index is 1010. The van der Waals surface area contributed by atoms with E-state index < -0.39 is 0 Å². The lowest BCUT2D eigenvalue weighted by Crippen LogP contribution is -2.26. The summed E-state index contributed by atoms with van der Waals surface area (Å²) < 4.78 is 7.57. The van der Waals surface area contributed by atoms with Gasteiger partial charge in [-0.2, -0.15) is 0 Å². The van der Waals surface area contributed by atoms with Crippen LogP contribution in [-0.4, -0.2) is 29.1 Å². The number of hydrogen-bond donors (Lipinski definition) is 1. The van der Waals surface area contributed by atoms with Crippen molar-refractivity contribution < 1.29 is 9.53 Å². The summed E-state index contributed by atoms with van der Waals surface area (Å²) in [4.78, 5) is 17.4. The Kier molecular flexibility index (Phi) is 11.0. The third-order valence-electron chi connectivity index (χ3n) is 6.43. The smallest absolute Gasteiger partial charge is 0.251 e. The molecule has 1 amide bonds. The summed E-state index contributed by atoms with van der Waals surface area (Å²) in [6.45, 7) is 3.81. The zero-order chi connectivity index (χ0) is 24.0. The number of carbonyl (C=O) groups is 1. The average Bonchev–Trinajstić information content (AvgIpc) is 3.22. The number of benzene rings is 2. The van der Waals surface area contributed by atoms with Crippen LogP contribution in [0.4, 0.5) is 0 Å². The second kappa shape index (κ2) is 14.4. The molecule has 3 rings (SSSR count). The van der Waals surface area contributed by atoms with E-state index in [2.05, 4.69) is 35.0 Å². The minimum Gasteiger partial charge on any atom is -0.497 e. The van der Waals surface area contributed by atoms with Crippen molar-refractivity contribution in [3.05, 3.63) is 59.9 Å². The number of hydrogen-bond acceptors (Lipinski definition) is 3. The molecule has 2 aromatic carbocycles. The van der Waals surface area contributed by atoms with Crippen molar-refractivity contribution in [1.82, 2.24) is 14.9 Å². The van der Waals surface area contributed by atoms with Crippen LogP contribution in [-0.2, 0) is 13.0 Å². The number of methoxy groups -OCH3 is 1. The molecule has 0 saturated carbocycles. The highest BCUT2D eigenvalue weighted by molar-refractivity contribution is 5.94. The lowest BCUT2D eigenvalue weighted by molar-refractivity contribution is 0.0953. The summed E-state index contributed by atoms with van der Waals surface area (Å²) in [7, 11) is 1.61. The molecule has 184 valence electrons. The third-order valence-corrected chi connectivity index (χ3v) is 6.43. The van der Waals surface area contributed by atoms with Gasteiger partial charge in [-0.05, 0) is 36.8 Å². The Morgan fingerprint density at radius 2 is 1.62 bits per heavy atom. The number of nitrogens with one attached hydrogen (secondary N) is 1. The molecule has 1 heterocycles. The van der Waals surface area contributed by atoms with Crippen LogP contribution < -0.4 is 10.1 Å². The Labute approximate surface area is 204 Å². The molecule has 1 N–H and O–H groups in total. The number of amides is 1. The summed E-state index contributed by atoms with van der Waals surface area (Å²) in [5.74, 6) is 1.64. The van der Waals surface area contributed by atoms with Gasteiger partial charge in [0.2, 0.25) is 0 Å². The molecule has 0 aliphatic carbocycles. The first-order valence-electron chi connectivity index (χ1n) is 13.1. The van der Waals surface area contributed by atoms with Crippen molar-refractivity contribution in [2.45, 2.75) is 84.1 Å². The fraction of sp³-hybridized carbons (Fsp3) is 0.517. The van der Waals surface area contributed by atoms with Gasteiger partial charge in [0.05, 0.1) is 18.1 Å². The van der Waals surface area contributed by atoms with Crippen LogP contribution in [0.3, 0.4) is 0 Å². The maximum Gasteiger partial charge on any atom is 0.251 e. The molecule has 5 nitrogen and oxygen atoms in total. The van der Waals surface area contributed by atoms with Gasteiger partial charge < -0.3 is 14.6 Å². The second-order valence-electron chi connectivity index (χ2n) is 9.09. The van der Waals surface area contributed by atoms with Crippen molar-refractivity contribution in [2.24, 2.45) is 0 Å². The summed E-state index contributed by atoms with van der Waals surface area (Å²) in [5.41, 5.74) is 2.83. The summed E-state index contributed by atoms with van der Waals surface area (Å²) in [6, 6.07) is 15.6. The highest BCUT2D eigenvalue weighted by Crippen LogP contribution is 2.19. The fourth-order valence-electron chi connectivity index (χ4n) is 4.48. The van der Waals surface area contributed by atoms with Crippen molar-refractivity contribution in [1.29, 1.82) is 0 Å². The van der Waals surface area contributed by atoms with Crippen LogP contribution in [0.25, 0.3) is 11.0 Å². The Morgan fingerprint density at radius 1 is 0.912 bits per heavy atom. The summed E-state index contributed by atoms with van der Waals surface area (Å²) >= 11 is 0. The first kappa shape index (κ1) is 25.8. The largest absolute Gasteiger partial charge is 0.497 e. The van der Waals surface area contributed by atoms with Crippen LogP contribution in [0.5, 0.6) is 5.75 Å². The number of ether oxygens (including phenoxy) is 1. The monoisotopic (exact) mass is 463 g/mol. The number of fused-ring (bicyclic) bond motifs is 1. The Morgan fingerprint density at radius 3 is 2.35 bits per heavy atom. The number of aryl methyl sites for hydroxylation is 1. The third kappa shape index (κ3) is 7.89. The predicted octanol–water partition coefficient (Wildman–Crippen LogP) is 6.94. The van der Waals surface area contributed by atoms with E-state index in [0.717, 1.165) is 17.9 Å². The SMILES string of the molecule is CCCCCCCCCCCCn1c(CCNC(=O)c2cccc(OC)c2)nc2ccccc21. The second-order valence-corrected chi connectivity index (χ2v) is 9.09. The molecule has 0 saturated heterocycles. The van der Waals surface area contributed by atoms with Gasteiger partial charge in [-0.25, -0.2) is 4.98 Å². The molecule has 0 radical (unpaired) electrons. The maximum atomic E-state index is 12.5. The highest BCUT2D eigenvalue weighted by Gasteiger charge is 2.12. The number of imidazole rings is 1. The lowest BCUT2D eigenvalue weighted by atomic mass is 10.1. The average molecular weight is 464 g/mol. The van der Waals surface area contributed by atoms with E-state index in [0.29, 0.717) is 24.3 Å². The first-order chi connectivity index (χ1) is 16.7. The number of rotatable bonds is 16. The van der Waals surface area contributed by atoms with E-state index in [1.54, 1.807) is 19.2 Å². The summed E-state index contributed by atoms with van der Waals surface area (Å²) in [6.07, 6.45) is 14.0. The summed E-state index contributed by atoms with van der Waals surface area (Å²) in [5, 5.41) is 3.03. The minimum absolute atomic E-state index is 0.0868.